The second-order valence-corrected chi connectivity index (χ2v) is 18.1. The number of nitriles is 1. The summed E-state index contributed by atoms with van der Waals surface area (Å²) in [5.74, 6) is -1.69. The fourth-order valence-corrected chi connectivity index (χ4v) is 9.18. The van der Waals surface area contributed by atoms with E-state index < -0.39 is 45.2 Å². The van der Waals surface area contributed by atoms with Crippen LogP contribution in [0.2, 0.25) is 0 Å². The van der Waals surface area contributed by atoms with E-state index in [1.165, 1.54) is 54.6 Å². The Morgan fingerprint density at radius 1 is 0.970 bits per heavy atom. The summed E-state index contributed by atoms with van der Waals surface area (Å²) in [5, 5.41) is 25.2. The molecule has 3 aromatic carbocycles. The highest BCUT2D eigenvalue weighted by Crippen LogP contribution is 2.35. The maximum absolute atomic E-state index is 15.3. The van der Waals surface area contributed by atoms with Gasteiger partial charge < -0.3 is 30.3 Å². The molecule has 1 unspecified atom stereocenters. The first-order chi connectivity index (χ1) is 31.7. The Morgan fingerprint density at radius 2 is 1.71 bits per heavy atom. The number of aromatic nitrogens is 4. The van der Waals surface area contributed by atoms with Gasteiger partial charge >= 0.3 is 10.2 Å². The zero-order valence-corrected chi connectivity index (χ0v) is 37.0. The number of amides is 2. The third kappa shape index (κ3) is 9.88. The molecule has 0 bridgehead atoms. The molecule has 0 saturated carbocycles. The Balaban J connectivity index is 0.845. The number of anilines is 3. The van der Waals surface area contributed by atoms with Gasteiger partial charge in [0.2, 0.25) is 17.8 Å². The van der Waals surface area contributed by atoms with Crippen LogP contribution >= 0.6 is 0 Å². The van der Waals surface area contributed by atoms with E-state index in [1.807, 2.05) is 9.80 Å². The van der Waals surface area contributed by atoms with Crippen molar-refractivity contribution < 1.29 is 36.6 Å². The fraction of sp³-hybridized carbons (Fsp3) is 0.386. The first-order valence-corrected chi connectivity index (χ1v) is 22.9. The van der Waals surface area contributed by atoms with E-state index in [0.29, 0.717) is 93.4 Å². The summed E-state index contributed by atoms with van der Waals surface area (Å²) in [6.45, 7) is 5.23. The van der Waals surface area contributed by atoms with Crippen LogP contribution in [0.1, 0.15) is 49.7 Å². The third-order valence-electron chi connectivity index (χ3n) is 12.2. The molecule has 19 nitrogen and oxygen atoms in total. The number of piperazine rings is 1. The number of aliphatic hydroxyl groups is 1. The number of nitrogens with zero attached hydrogens (tertiary/aromatic N) is 9. The van der Waals surface area contributed by atoms with Gasteiger partial charge in [-0.2, -0.15) is 18.0 Å². The molecule has 2 amide bonds. The molecule has 2 aromatic heterocycles. The summed E-state index contributed by atoms with van der Waals surface area (Å²) in [5.41, 5.74) is 0.665. The minimum Gasteiger partial charge on any atom is -0.453 e. The topological polar surface area (TPSA) is 231 Å². The predicted octanol–water partition coefficient (Wildman–Crippen LogP) is 3.26. The Labute approximate surface area is 378 Å². The monoisotopic (exact) mass is 926 g/mol. The largest absolute Gasteiger partial charge is 0.453 e. The summed E-state index contributed by atoms with van der Waals surface area (Å²) in [6, 6.07) is 12.6. The van der Waals surface area contributed by atoms with Crippen LogP contribution in [0.3, 0.4) is 0 Å². The molecule has 5 heterocycles. The molecular weight excluding hydrogens is 879 g/mol. The molecule has 2 atom stereocenters. The molecule has 0 aliphatic carbocycles. The van der Waals surface area contributed by atoms with Crippen LogP contribution in [0.5, 0.6) is 11.5 Å². The van der Waals surface area contributed by atoms with E-state index in [0.717, 1.165) is 16.4 Å². The van der Waals surface area contributed by atoms with Crippen molar-refractivity contribution >= 4 is 50.2 Å². The number of aliphatic hydroxyl groups excluding tert-OH is 1. The number of halogens is 2. The van der Waals surface area contributed by atoms with Gasteiger partial charge in [-0.15, -0.1) is 0 Å². The average Bonchev–Trinajstić information content (AvgIpc) is 3.31. The van der Waals surface area contributed by atoms with Gasteiger partial charge in [0.25, 0.3) is 5.56 Å². The van der Waals surface area contributed by atoms with Crippen LogP contribution in [0.4, 0.5) is 26.1 Å². The minimum atomic E-state index is -4.04. The number of ether oxygens (including phenoxy) is 1. The van der Waals surface area contributed by atoms with E-state index in [4.69, 9.17) is 4.74 Å². The van der Waals surface area contributed by atoms with Crippen LogP contribution in [-0.4, -0.2) is 131 Å². The molecule has 346 valence electrons. The minimum absolute atomic E-state index is 0.00488. The van der Waals surface area contributed by atoms with E-state index in [-0.39, 0.29) is 53.5 Å². The van der Waals surface area contributed by atoms with Gasteiger partial charge in [-0.25, -0.2) is 23.7 Å². The highest BCUT2D eigenvalue weighted by Gasteiger charge is 2.30. The smallest absolute Gasteiger partial charge is 0.301 e. The van der Waals surface area contributed by atoms with Gasteiger partial charge in [-0.1, -0.05) is 13.0 Å². The molecule has 3 aliphatic rings. The highest BCUT2D eigenvalue weighted by atomic mass is 32.2. The molecule has 22 heteroatoms. The molecule has 0 radical (unpaired) electrons. The number of fused-ring (bicyclic) bond motifs is 1. The van der Waals surface area contributed by atoms with Gasteiger partial charge in [-0.3, -0.25) is 28.6 Å². The summed E-state index contributed by atoms with van der Waals surface area (Å²) in [6.07, 6.45) is 5.70. The van der Waals surface area contributed by atoms with Crippen LogP contribution in [0, 0.1) is 23.0 Å². The number of likely N-dealkylation sites (tertiary alicyclic amines) is 1. The number of piperidine rings is 2. The second-order valence-electron chi connectivity index (χ2n) is 16.3. The van der Waals surface area contributed by atoms with E-state index in [1.54, 1.807) is 25.1 Å². The van der Waals surface area contributed by atoms with Crippen LogP contribution in [0.15, 0.2) is 72.0 Å². The van der Waals surface area contributed by atoms with Crippen molar-refractivity contribution in [3.05, 3.63) is 100 Å². The van der Waals surface area contributed by atoms with E-state index in [9.17, 15) is 33.2 Å². The number of hydrogen-bond donors (Lipinski definition) is 4. The van der Waals surface area contributed by atoms with Crippen LogP contribution in [0.25, 0.3) is 16.6 Å². The number of nitrogens with one attached hydrogen (secondary N) is 3. The SMILES string of the molecule is CCN(C)S(=O)(=O)Nc1ccc(F)c(Oc2ccc3ncn(-c4cnc(N5CCN(C(=O)CN6CCC(c7ccc(N[C@H]8CCC(O)NC8=O)cc7F)CC6)CC5)nc4)c(=O)c3c2)c1C#N. The third-order valence-corrected chi connectivity index (χ3v) is 13.7. The zero-order valence-electron chi connectivity index (χ0n) is 36.2. The lowest BCUT2D eigenvalue weighted by Crippen LogP contribution is -2.52. The van der Waals surface area contributed by atoms with Crippen molar-refractivity contribution in [3.8, 4) is 23.3 Å². The Bertz CT molecular complexity index is 2850. The van der Waals surface area contributed by atoms with Gasteiger partial charge in [0.05, 0.1) is 41.2 Å². The van der Waals surface area contributed by atoms with Crippen molar-refractivity contribution in [1.29, 1.82) is 5.26 Å². The van der Waals surface area contributed by atoms with Gasteiger partial charge in [0, 0.05) is 45.5 Å². The molecule has 66 heavy (non-hydrogen) atoms. The number of carbonyl (C=O) groups excluding carboxylic acids is 2. The molecule has 4 N–H and O–H groups in total. The molecule has 3 aliphatic heterocycles. The Morgan fingerprint density at radius 3 is 2.39 bits per heavy atom. The Hall–Kier alpha value is -6.80. The highest BCUT2D eigenvalue weighted by molar-refractivity contribution is 7.90. The standard InChI is InChI=1S/C44H48F2N12O7S/c1-3-54(2)66(63,64)53-37-9-7-34(45)41(33(37)22-47)65-30-5-8-36-32(21-30)43(62)58(26-50-36)29-23-48-44(49-24-29)57-18-16-56(17-19-57)40(60)25-55-14-12-27(13-15-55)31-6-4-28(20-35(31)46)51-38-10-11-39(59)52-42(38)61/h4-9,20-21,23-24,26-27,38-39,51,53,59H,3,10-19,25H2,1-2H3,(H,52,61)/t38-,39?/m0/s1. The number of hydrogen-bond acceptors (Lipinski definition) is 14. The molecular formula is C44H48F2N12O7S. The van der Waals surface area contributed by atoms with Crippen molar-refractivity contribution in [1.82, 2.24) is 38.9 Å². The van der Waals surface area contributed by atoms with Gasteiger partial charge in [0.1, 0.15) is 41.8 Å². The molecule has 3 fully saturated rings. The Kier molecular flexibility index (Phi) is 13.4. The lowest BCUT2D eigenvalue weighted by Gasteiger charge is -2.37. The first-order valence-electron chi connectivity index (χ1n) is 21.5. The maximum atomic E-state index is 15.3. The summed E-state index contributed by atoms with van der Waals surface area (Å²) in [7, 11) is -2.70. The molecule has 3 saturated heterocycles. The second kappa shape index (κ2) is 19.4. The van der Waals surface area contributed by atoms with E-state index in [2.05, 4.69) is 35.2 Å². The average molecular weight is 927 g/mol. The number of rotatable bonds is 13. The lowest BCUT2D eigenvalue weighted by molar-refractivity contribution is -0.133. The molecule has 8 rings (SSSR count). The lowest BCUT2D eigenvalue weighted by atomic mass is 9.89. The fourth-order valence-electron chi connectivity index (χ4n) is 8.24. The van der Waals surface area contributed by atoms with Crippen molar-refractivity contribution in [2.24, 2.45) is 0 Å². The normalized spacial score (nSPS) is 18.5. The quantitative estimate of drug-likeness (QED) is 0.133. The predicted molar refractivity (Wildman–Crippen MR) is 239 cm³/mol. The van der Waals surface area contributed by atoms with Crippen LogP contribution < -0.4 is 30.6 Å². The van der Waals surface area contributed by atoms with Crippen molar-refractivity contribution in [2.45, 2.75) is 50.8 Å². The van der Waals surface area contributed by atoms with Crippen LogP contribution in [-0.2, 0) is 19.8 Å². The molecule has 0 spiro atoms. The maximum Gasteiger partial charge on any atom is 0.301 e. The zero-order chi connectivity index (χ0) is 46.7. The first kappa shape index (κ1) is 45.8. The van der Waals surface area contributed by atoms with Gasteiger partial charge in [0.15, 0.2) is 11.6 Å². The summed E-state index contributed by atoms with van der Waals surface area (Å²) >= 11 is 0. The van der Waals surface area contributed by atoms with Crippen molar-refractivity contribution in [3.63, 3.8) is 0 Å². The molecule has 5 aromatic rings. The summed E-state index contributed by atoms with van der Waals surface area (Å²) in [4.78, 5) is 58.5. The number of carbonyl (C=O) groups is 2. The summed E-state index contributed by atoms with van der Waals surface area (Å²) < 4.78 is 65.9. The van der Waals surface area contributed by atoms with E-state index >= 15 is 8.78 Å². The number of benzene rings is 3. The van der Waals surface area contributed by atoms with Crippen molar-refractivity contribution in [2.75, 3.05) is 74.3 Å². The van der Waals surface area contributed by atoms with Gasteiger partial charge in [-0.05, 0) is 92.7 Å².